The van der Waals surface area contributed by atoms with Crippen molar-refractivity contribution < 1.29 is 4.79 Å². The molecule has 94 valence electrons. The van der Waals surface area contributed by atoms with E-state index in [-0.39, 0.29) is 0 Å². The second-order valence-corrected chi connectivity index (χ2v) is 5.25. The van der Waals surface area contributed by atoms with Crippen molar-refractivity contribution in [2.45, 2.75) is 39.2 Å². The average molecular weight is 226 g/mol. The molecule has 0 aliphatic heterocycles. The SMILES string of the molecule is CCN(CC1CCCC1=O)C(C)CN(C)C. The van der Waals surface area contributed by atoms with Crippen LogP contribution < -0.4 is 0 Å². The highest BCUT2D eigenvalue weighted by atomic mass is 16.1. The van der Waals surface area contributed by atoms with Gasteiger partial charge in [0.25, 0.3) is 0 Å². The molecule has 0 spiro atoms. The van der Waals surface area contributed by atoms with Crippen molar-refractivity contribution in [3.63, 3.8) is 0 Å². The van der Waals surface area contributed by atoms with Gasteiger partial charge in [-0.2, -0.15) is 0 Å². The average Bonchev–Trinajstić information content (AvgIpc) is 2.59. The third kappa shape index (κ3) is 3.87. The molecule has 0 aromatic rings. The van der Waals surface area contributed by atoms with Gasteiger partial charge in [0.05, 0.1) is 0 Å². The Labute approximate surface area is 99.8 Å². The summed E-state index contributed by atoms with van der Waals surface area (Å²) in [5.74, 6) is 0.792. The number of hydrogen-bond donors (Lipinski definition) is 0. The molecule has 0 saturated heterocycles. The number of rotatable bonds is 6. The van der Waals surface area contributed by atoms with Gasteiger partial charge in [-0.15, -0.1) is 0 Å². The van der Waals surface area contributed by atoms with Crippen LogP contribution in [0.2, 0.25) is 0 Å². The summed E-state index contributed by atoms with van der Waals surface area (Å²) in [6, 6.07) is 0.536. The molecule has 0 bridgehead atoms. The third-order valence-corrected chi connectivity index (χ3v) is 3.54. The van der Waals surface area contributed by atoms with Crippen molar-refractivity contribution >= 4 is 5.78 Å². The molecule has 0 aromatic carbocycles. The largest absolute Gasteiger partial charge is 0.308 e. The van der Waals surface area contributed by atoms with E-state index in [0.717, 1.165) is 38.9 Å². The first-order chi connectivity index (χ1) is 7.54. The predicted octanol–water partition coefficient (Wildman–Crippen LogP) is 1.63. The van der Waals surface area contributed by atoms with Gasteiger partial charge in [-0.3, -0.25) is 9.69 Å². The monoisotopic (exact) mass is 226 g/mol. The fourth-order valence-electron chi connectivity index (χ4n) is 2.63. The maximum absolute atomic E-state index is 11.6. The van der Waals surface area contributed by atoms with Crippen LogP contribution in [-0.4, -0.2) is 55.4 Å². The molecule has 1 aliphatic rings. The molecule has 0 radical (unpaired) electrons. The van der Waals surface area contributed by atoms with Crippen LogP contribution in [0.4, 0.5) is 0 Å². The number of nitrogens with zero attached hydrogens (tertiary/aromatic N) is 2. The number of likely N-dealkylation sites (N-methyl/N-ethyl adjacent to an activating group) is 2. The fourth-order valence-corrected chi connectivity index (χ4v) is 2.63. The predicted molar refractivity (Wildman–Crippen MR) is 67.6 cm³/mol. The van der Waals surface area contributed by atoms with E-state index < -0.39 is 0 Å². The van der Waals surface area contributed by atoms with Crippen molar-refractivity contribution in [1.82, 2.24) is 9.80 Å². The van der Waals surface area contributed by atoms with Crippen molar-refractivity contribution in [3.8, 4) is 0 Å². The minimum Gasteiger partial charge on any atom is -0.308 e. The number of carbonyl (C=O) groups is 1. The molecule has 2 unspecified atom stereocenters. The number of ketones is 1. The van der Waals surface area contributed by atoms with Crippen LogP contribution >= 0.6 is 0 Å². The Morgan fingerprint density at radius 3 is 2.56 bits per heavy atom. The van der Waals surface area contributed by atoms with Gasteiger partial charge in [-0.25, -0.2) is 0 Å². The molecule has 1 rings (SSSR count). The lowest BCUT2D eigenvalue weighted by Gasteiger charge is -2.31. The van der Waals surface area contributed by atoms with E-state index in [1.165, 1.54) is 0 Å². The summed E-state index contributed by atoms with van der Waals surface area (Å²) >= 11 is 0. The molecular weight excluding hydrogens is 200 g/mol. The molecule has 0 aromatic heterocycles. The Bertz CT molecular complexity index is 228. The van der Waals surface area contributed by atoms with E-state index >= 15 is 0 Å². The number of hydrogen-bond acceptors (Lipinski definition) is 3. The van der Waals surface area contributed by atoms with Crippen LogP contribution in [0.15, 0.2) is 0 Å². The minimum absolute atomic E-state index is 0.310. The van der Waals surface area contributed by atoms with Crippen LogP contribution in [0.5, 0.6) is 0 Å². The first-order valence-electron chi connectivity index (χ1n) is 6.46. The molecule has 0 amide bonds. The Kier molecular flexibility index (Phi) is 5.42. The van der Waals surface area contributed by atoms with Gasteiger partial charge in [-0.1, -0.05) is 6.92 Å². The number of carbonyl (C=O) groups excluding carboxylic acids is 1. The molecule has 1 saturated carbocycles. The van der Waals surface area contributed by atoms with E-state index in [1.807, 2.05) is 0 Å². The molecule has 2 atom stereocenters. The van der Waals surface area contributed by atoms with E-state index in [0.29, 0.717) is 17.7 Å². The third-order valence-electron chi connectivity index (χ3n) is 3.54. The Morgan fingerprint density at radius 1 is 1.44 bits per heavy atom. The molecular formula is C13H26N2O. The van der Waals surface area contributed by atoms with Gasteiger partial charge in [0, 0.05) is 31.5 Å². The normalized spacial score (nSPS) is 23.4. The van der Waals surface area contributed by atoms with E-state index in [4.69, 9.17) is 0 Å². The van der Waals surface area contributed by atoms with Crippen LogP contribution in [0.25, 0.3) is 0 Å². The Balaban J connectivity index is 2.44. The van der Waals surface area contributed by atoms with E-state index in [1.54, 1.807) is 0 Å². The van der Waals surface area contributed by atoms with Crippen molar-refractivity contribution in [2.24, 2.45) is 5.92 Å². The highest BCUT2D eigenvalue weighted by Gasteiger charge is 2.27. The summed E-state index contributed by atoms with van der Waals surface area (Å²) in [7, 11) is 4.20. The van der Waals surface area contributed by atoms with Crippen LogP contribution in [0, 0.1) is 5.92 Å². The summed E-state index contributed by atoms with van der Waals surface area (Å²) in [4.78, 5) is 16.3. The van der Waals surface area contributed by atoms with Crippen molar-refractivity contribution in [3.05, 3.63) is 0 Å². The summed E-state index contributed by atoms with van der Waals surface area (Å²) in [6.07, 6.45) is 3.01. The van der Waals surface area contributed by atoms with Crippen LogP contribution in [0.1, 0.15) is 33.1 Å². The van der Waals surface area contributed by atoms with Gasteiger partial charge in [0.2, 0.25) is 0 Å². The topological polar surface area (TPSA) is 23.6 Å². The molecule has 0 heterocycles. The summed E-state index contributed by atoms with van der Waals surface area (Å²) in [5.41, 5.74) is 0. The van der Waals surface area contributed by atoms with Crippen molar-refractivity contribution in [1.29, 1.82) is 0 Å². The molecule has 3 heteroatoms. The maximum Gasteiger partial charge on any atom is 0.137 e. The Hall–Kier alpha value is -0.410. The zero-order chi connectivity index (χ0) is 12.1. The first kappa shape index (κ1) is 13.7. The summed E-state index contributed by atoms with van der Waals surface area (Å²) < 4.78 is 0. The smallest absolute Gasteiger partial charge is 0.137 e. The fraction of sp³-hybridized carbons (Fsp3) is 0.923. The standard InChI is InChI=1S/C13H26N2O/c1-5-15(11(2)9-14(3)4)10-12-7-6-8-13(12)16/h11-12H,5-10H2,1-4H3. The molecule has 1 fully saturated rings. The van der Waals surface area contributed by atoms with E-state index in [2.05, 4.69) is 37.7 Å². The number of Topliss-reactive ketones (excluding diaryl/α,β-unsaturated/α-hetero) is 1. The van der Waals surface area contributed by atoms with Gasteiger partial charge in [-0.05, 0) is 40.4 Å². The lowest BCUT2D eigenvalue weighted by atomic mass is 10.1. The maximum atomic E-state index is 11.6. The van der Waals surface area contributed by atoms with Crippen LogP contribution in [-0.2, 0) is 4.79 Å². The highest BCUT2D eigenvalue weighted by molar-refractivity contribution is 5.83. The van der Waals surface area contributed by atoms with E-state index in [9.17, 15) is 4.79 Å². The Morgan fingerprint density at radius 2 is 2.12 bits per heavy atom. The minimum atomic E-state index is 0.310. The van der Waals surface area contributed by atoms with Crippen LogP contribution in [0.3, 0.4) is 0 Å². The lowest BCUT2D eigenvalue weighted by molar-refractivity contribution is -0.121. The highest BCUT2D eigenvalue weighted by Crippen LogP contribution is 2.22. The van der Waals surface area contributed by atoms with Gasteiger partial charge >= 0.3 is 0 Å². The molecule has 3 nitrogen and oxygen atoms in total. The molecule has 1 aliphatic carbocycles. The summed E-state index contributed by atoms with van der Waals surface area (Å²) in [5, 5.41) is 0. The lowest BCUT2D eigenvalue weighted by Crippen LogP contribution is -2.43. The quantitative estimate of drug-likeness (QED) is 0.688. The van der Waals surface area contributed by atoms with Gasteiger partial charge in [0.15, 0.2) is 0 Å². The summed E-state index contributed by atoms with van der Waals surface area (Å²) in [6.45, 7) is 7.51. The zero-order valence-electron chi connectivity index (χ0n) is 11.2. The molecule has 16 heavy (non-hydrogen) atoms. The second-order valence-electron chi connectivity index (χ2n) is 5.25. The first-order valence-corrected chi connectivity index (χ1v) is 6.46. The zero-order valence-corrected chi connectivity index (χ0v) is 11.2. The van der Waals surface area contributed by atoms with Crippen molar-refractivity contribution in [2.75, 3.05) is 33.7 Å². The molecule has 0 N–H and O–H groups in total. The van der Waals surface area contributed by atoms with Gasteiger partial charge < -0.3 is 4.90 Å². The van der Waals surface area contributed by atoms with Gasteiger partial charge in [0.1, 0.15) is 5.78 Å². The second kappa shape index (κ2) is 6.36.